The van der Waals surface area contributed by atoms with E-state index in [1.165, 1.54) is 16.3 Å². The topological polar surface area (TPSA) is 75.6 Å². The molecule has 9 heteroatoms. The summed E-state index contributed by atoms with van der Waals surface area (Å²) < 4.78 is 1.39. The first-order valence-corrected chi connectivity index (χ1v) is 7.49. The quantitative estimate of drug-likeness (QED) is 0.879. The summed E-state index contributed by atoms with van der Waals surface area (Å²) in [5, 5.41) is 11.3. The SMILES string of the molecule is CCCNc1nc(Sc2n[nH]c(=O)n2C)c(Cl)cc1Cl. The summed E-state index contributed by atoms with van der Waals surface area (Å²) in [6, 6.07) is 1.63. The van der Waals surface area contributed by atoms with Crippen molar-refractivity contribution in [3.63, 3.8) is 0 Å². The van der Waals surface area contributed by atoms with Gasteiger partial charge in [-0.05, 0) is 24.2 Å². The maximum atomic E-state index is 11.3. The number of nitrogens with one attached hydrogen (secondary N) is 2. The number of hydrogen-bond donors (Lipinski definition) is 2. The van der Waals surface area contributed by atoms with E-state index in [9.17, 15) is 4.79 Å². The van der Waals surface area contributed by atoms with Crippen LogP contribution in [0.3, 0.4) is 0 Å². The van der Waals surface area contributed by atoms with Crippen molar-refractivity contribution in [2.45, 2.75) is 23.5 Å². The highest BCUT2D eigenvalue weighted by atomic mass is 35.5. The Balaban J connectivity index is 2.31. The molecule has 2 heterocycles. The highest BCUT2D eigenvalue weighted by Crippen LogP contribution is 2.34. The van der Waals surface area contributed by atoms with Crippen LogP contribution in [0.1, 0.15) is 13.3 Å². The number of aromatic amines is 1. The highest BCUT2D eigenvalue weighted by Gasteiger charge is 2.14. The van der Waals surface area contributed by atoms with Crippen LogP contribution in [-0.4, -0.2) is 26.3 Å². The van der Waals surface area contributed by atoms with Crippen LogP contribution in [-0.2, 0) is 7.05 Å². The third-order valence-electron chi connectivity index (χ3n) is 2.47. The molecule has 0 saturated heterocycles. The molecule has 0 amide bonds. The first kappa shape index (κ1) is 15.2. The van der Waals surface area contributed by atoms with Gasteiger partial charge in [0.15, 0.2) is 5.16 Å². The predicted molar refractivity (Wildman–Crippen MR) is 81.0 cm³/mol. The maximum Gasteiger partial charge on any atom is 0.343 e. The van der Waals surface area contributed by atoms with Gasteiger partial charge < -0.3 is 5.32 Å². The standard InChI is InChI=1S/C11H13Cl2N5OS/c1-3-4-14-8-6(12)5-7(13)9(15-8)20-11-17-16-10(19)18(11)2/h5H,3-4H2,1-2H3,(H,14,15)(H,16,19). The summed E-state index contributed by atoms with van der Waals surface area (Å²) in [6.07, 6.45) is 0.955. The fourth-order valence-electron chi connectivity index (χ4n) is 1.40. The van der Waals surface area contributed by atoms with Crippen LogP contribution in [0.4, 0.5) is 5.82 Å². The zero-order valence-corrected chi connectivity index (χ0v) is 13.2. The van der Waals surface area contributed by atoms with Crippen LogP contribution in [0.5, 0.6) is 0 Å². The van der Waals surface area contributed by atoms with Crippen LogP contribution >= 0.6 is 35.0 Å². The largest absolute Gasteiger partial charge is 0.369 e. The number of anilines is 1. The van der Waals surface area contributed by atoms with Crippen molar-refractivity contribution in [2.75, 3.05) is 11.9 Å². The minimum Gasteiger partial charge on any atom is -0.369 e. The minimum absolute atomic E-state index is 0.290. The number of nitrogens with zero attached hydrogens (tertiary/aromatic N) is 3. The number of halogens is 2. The lowest BCUT2D eigenvalue weighted by molar-refractivity contribution is 0.765. The number of hydrogen-bond acceptors (Lipinski definition) is 5. The Morgan fingerprint density at radius 2 is 2.20 bits per heavy atom. The molecular weight excluding hydrogens is 321 g/mol. The Labute approximate surface area is 129 Å². The van der Waals surface area contributed by atoms with Gasteiger partial charge in [-0.2, -0.15) is 0 Å². The molecule has 2 aromatic heterocycles. The fourth-order valence-corrected chi connectivity index (χ4v) is 2.72. The van der Waals surface area contributed by atoms with E-state index >= 15 is 0 Å². The van der Waals surface area contributed by atoms with Gasteiger partial charge in [-0.3, -0.25) is 4.57 Å². The van der Waals surface area contributed by atoms with Crippen LogP contribution in [0.15, 0.2) is 21.0 Å². The van der Waals surface area contributed by atoms with E-state index in [1.54, 1.807) is 13.1 Å². The summed E-state index contributed by atoms with van der Waals surface area (Å²) in [6.45, 7) is 2.81. The molecule has 0 saturated carbocycles. The monoisotopic (exact) mass is 333 g/mol. The summed E-state index contributed by atoms with van der Waals surface area (Å²) >= 11 is 13.4. The molecule has 0 aromatic carbocycles. The van der Waals surface area contributed by atoms with Crippen molar-refractivity contribution in [1.82, 2.24) is 19.7 Å². The second-order valence-electron chi connectivity index (χ2n) is 4.00. The smallest absolute Gasteiger partial charge is 0.343 e. The number of rotatable bonds is 5. The first-order chi connectivity index (χ1) is 9.52. The third kappa shape index (κ3) is 3.28. The highest BCUT2D eigenvalue weighted by molar-refractivity contribution is 7.99. The molecule has 0 aliphatic heterocycles. The second-order valence-corrected chi connectivity index (χ2v) is 5.78. The van der Waals surface area contributed by atoms with Crippen molar-refractivity contribution >= 4 is 40.8 Å². The average molecular weight is 334 g/mol. The molecule has 0 fully saturated rings. The molecule has 0 radical (unpaired) electrons. The lowest BCUT2D eigenvalue weighted by atomic mass is 10.4. The van der Waals surface area contributed by atoms with E-state index in [0.717, 1.165) is 13.0 Å². The van der Waals surface area contributed by atoms with Crippen molar-refractivity contribution in [3.8, 4) is 0 Å². The third-order valence-corrected chi connectivity index (χ3v) is 4.21. The van der Waals surface area contributed by atoms with E-state index in [1.807, 2.05) is 6.92 Å². The van der Waals surface area contributed by atoms with Gasteiger partial charge in [0.2, 0.25) is 0 Å². The molecule has 0 spiro atoms. The average Bonchev–Trinajstić information content (AvgIpc) is 2.72. The molecule has 2 N–H and O–H groups in total. The number of H-pyrrole nitrogens is 1. The van der Waals surface area contributed by atoms with Gasteiger partial charge in [0, 0.05) is 13.6 Å². The van der Waals surface area contributed by atoms with E-state index in [2.05, 4.69) is 20.5 Å². The van der Waals surface area contributed by atoms with Crippen molar-refractivity contribution in [3.05, 3.63) is 26.6 Å². The molecule has 0 unspecified atom stereocenters. The summed E-state index contributed by atoms with van der Waals surface area (Å²) in [5.74, 6) is 0.570. The molecule has 6 nitrogen and oxygen atoms in total. The van der Waals surface area contributed by atoms with Crippen LogP contribution < -0.4 is 11.0 Å². The normalized spacial score (nSPS) is 10.8. The molecule has 2 rings (SSSR count). The maximum absolute atomic E-state index is 11.3. The van der Waals surface area contributed by atoms with Gasteiger partial charge in [0.25, 0.3) is 0 Å². The van der Waals surface area contributed by atoms with E-state index < -0.39 is 0 Å². The fraction of sp³-hybridized carbons (Fsp3) is 0.364. The Bertz CT molecular complexity index is 669. The molecule has 0 bridgehead atoms. The van der Waals surface area contributed by atoms with Crippen molar-refractivity contribution < 1.29 is 0 Å². The summed E-state index contributed by atoms with van der Waals surface area (Å²) in [4.78, 5) is 15.7. The zero-order valence-electron chi connectivity index (χ0n) is 10.9. The van der Waals surface area contributed by atoms with Crippen molar-refractivity contribution in [2.24, 2.45) is 7.05 Å². The number of aromatic nitrogens is 4. The lowest BCUT2D eigenvalue weighted by Gasteiger charge is -2.09. The Morgan fingerprint density at radius 3 is 2.80 bits per heavy atom. The summed E-state index contributed by atoms with van der Waals surface area (Å²) in [5.41, 5.74) is -0.290. The van der Waals surface area contributed by atoms with Gasteiger partial charge in [-0.1, -0.05) is 30.1 Å². The minimum atomic E-state index is -0.290. The van der Waals surface area contributed by atoms with Crippen LogP contribution in [0.2, 0.25) is 10.0 Å². The van der Waals surface area contributed by atoms with E-state index in [-0.39, 0.29) is 5.69 Å². The molecule has 0 aliphatic carbocycles. The van der Waals surface area contributed by atoms with Gasteiger partial charge >= 0.3 is 5.69 Å². The first-order valence-electron chi connectivity index (χ1n) is 5.92. The molecular formula is C11H13Cl2N5OS. The van der Waals surface area contributed by atoms with Crippen LogP contribution in [0, 0.1) is 0 Å². The Hall–Kier alpha value is -1.18. The van der Waals surface area contributed by atoms with Crippen LogP contribution in [0.25, 0.3) is 0 Å². The zero-order chi connectivity index (χ0) is 14.7. The van der Waals surface area contributed by atoms with E-state index in [0.29, 0.717) is 26.0 Å². The van der Waals surface area contributed by atoms with Gasteiger partial charge in [0.05, 0.1) is 10.0 Å². The molecule has 108 valence electrons. The molecule has 2 aromatic rings. The molecule has 0 atom stereocenters. The molecule has 20 heavy (non-hydrogen) atoms. The van der Waals surface area contributed by atoms with Crippen molar-refractivity contribution in [1.29, 1.82) is 0 Å². The number of pyridine rings is 1. The predicted octanol–water partition coefficient (Wildman–Crippen LogP) is 2.78. The van der Waals surface area contributed by atoms with Gasteiger partial charge in [-0.15, -0.1) is 5.10 Å². The molecule has 0 aliphatic rings. The Morgan fingerprint density at radius 1 is 1.45 bits per heavy atom. The lowest BCUT2D eigenvalue weighted by Crippen LogP contribution is -2.12. The van der Waals surface area contributed by atoms with Gasteiger partial charge in [-0.25, -0.2) is 14.9 Å². The van der Waals surface area contributed by atoms with Gasteiger partial charge in [0.1, 0.15) is 10.8 Å². The Kier molecular flexibility index (Phi) is 4.95. The van der Waals surface area contributed by atoms with E-state index in [4.69, 9.17) is 23.2 Å². The second kappa shape index (κ2) is 6.51. The summed E-state index contributed by atoms with van der Waals surface area (Å²) in [7, 11) is 1.62.